The quantitative estimate of drug-likeness (QED) is 0.604. The van der Waals surface area contributed by atoms with Crippen LogP contribution in [-0.2, 0) is 14.9 Å². The first-order valence-corrected chi connectivity index (χ1v) is 5.44. The highest BCUT2D eigenvalue weighted by Crippen LogP contribution is 1.96. The number of ether oxygens (including phenoxy) is 1. The van der Waals surface area contributed by atoms with Crippen molar-refractivity contribution in [1.29, 1.82) is 0 Å². The molecule has 1 aliphatic heterocycles. The van der Waals surface area contributed by atoms with Gasteiger partial charge in [-0.25, -0.2) is 0 Å². The molecule has 1 aliphatic rings. The van der Waals surface area contributed by atoms with Crippen LogP contribution in [-0.4, -0.2) is 56.5 Å². The summed E-state index contributed by atoms with van der Waals surface area (Å²) in [4.78, 5) is 1.96. The Morgan fingerprint density at radius 2 is 1.85 bits per heavy atom. The van der Waals surface area contributed by atoms with Crippen LogP contribution >= 0.6 is 0 Å². The summed E-state index contributed by atoms with van der Waals surface area (Å²) in [5.74, 6) is -0.188. The first-order valence-electron chi connectivity index (χ1n) is 3.83. The third-order valence-electron chi connectivity index (χ3n) is 1.77. The van der Waals surface area contributed by atoms with Crippen LogP contribution in [0, 0.1) is 0 Å². The van der Waals surface area contributed by atoms with Crippen molar-refractivity contribution in [3.63, 3.8) is 0 Å². The first kappa shape index (κ1) is 12.8. The maximum absolute atomic E-state index is 10.4. The topological polar surface area (TPSA) is 102 Å². The molecule has 1 saturated heterocycles. The normalized spacial score (nSPS) is 19.5. The van der Waals surface area contributed by atoms with E-state index in [9.17, 15) is 8.42 Å². The molecule has 0 saturated carbocycles. The van der Waals surface area contributed by atoms with Crippen LogP contribution in [0.25, 0.3) is 0 Å². The molecule has 0 spiro atoms. The Bertz CT molecular complexity index is 223. The van der Waals surface area contributed by atoms with Gasteiger partial charge in [0.15, 0.2) is 0 Å². The van der Waals surface area contributed by atoms with Crippen molar-refractivity contribution in [3.05, 3.63) is 0 Å². The Labute approximate surface area is 78.2 Å². The largest absolute Gasteiger partial charge is 0.379 e. The molecule has 4 N–H and O–H groups in total. The summed E-state index contributed by atoms with van der Waals surface area (Å²) >= 11 is 0. The SMILES string of the molecule is N.O=S(=O)(O)CCN1CCOCC1. The van der Waals surface area contributed by atoms with Gasteiger partial charge in [0.2, 0.25) is 0 Å². The zero-order chi connectivity index (χ0) is 9.03. The van der Waals surface area contributed by atoms with E-state index >= 15 is 0 Å². The minimum absolute atomic E-state index is 0. The number of hydrogen-bond acceptors (Lipinski definition) is 5. The van der Waals surface area contributed by atoms with Gasteiger partial charge in [0.1, 0.15) is 0 Å². The Morgan fingerprint density at radius 1 is 1.31 bits per heavy atom. The van der Waals surface area contributed by atoms with Crippen LogP contribution in [0.5, 0.6) is 0 Å². The lowest BCUT2D eigenvalue weighted by Gasteiger charge is -2.25. The van der Waals surface area contributed by atoms with Crippen LogP contribution < -0.4 is 6.15 Å². The summed E-state index contributed by atoms with van der Waals surface area (Å²) in [5, 5.41) is 0. The summed E-state index contributed by atoms with van der Waals surface area (Å²) in [5.41, 5.74) is 0. The van der Waals surface area contributed by atoms with Crippen molar-refractivity contribution in [2.75, 3.05) is 38.6 Å². The minimum Gasteiger partial charge on any atom is -0.379 e. The van der Waals surface area contributed by atoms with Crippen molar-refractivity contribution >= 4 is 10.1 Å². The molecule has 0 aromatic heterocycles. The third kappa shape index (κ3) is 5.94. The molecule has 1 heterocycles. The number of rotatable bonds is 3. The Morgan fingerprint density at radius 3 is 2.31 bits per heavy atom. The zero-order valence-electron chi connectivity index (χ0n) is 7.48. The first-order chi connectivity index (χ1) is 5.58. The van der Waals surface area contributed by atoms with Gasteiger partial charge in [-0.15, -0.1) is 0 Å². The third-order valence-corrected chi connectivity index (χ3v) is 2.47. The van der Waals surface area contributed by atoms with Crippen molar-refractivity contribution in [2.24, 2.45) is 0 Å². The van der Waals surface area contributed by atoms with E-state index in [4.69, 9.17) is 9.29 Å². The zero-order valence-corrected chi connectivity index (χ0v) is 8.29. The molecule has 7 heteroatoms. The molecule has 0 aliphatic carbocycles. The predicted octanol–water partition coefficient (Wildman–Crippen LogP) is -0.632. The second-order valence-electron chi connectivity index (χ2n) is 2.74. The smallest absolute Gasteiger partial charge is 0.266 e. The average molecular weight is 212 g/mol. The minimum atomic E-state index is -3.81. The molecule has 0 aromatic rings. The Balaban J connectivity index is 0.00000144. The molecule has 0 bridgehead atoms. The van der Waals surface area contributed by atoms with E-state index in [0.717, 1.165) is 13.1 Å². The van der Waals surface area contributed by atoms with Crippen LogP contribution in [0.2, 0.25) is 0 Å². The second kappa shape index (κ2) is 5.51. The van der Waals surface area contributed by atoms with Gasteiger partial charge in [-0.3, -0.25) is 9.45 Å². The van der Waals surface area contributed by atoms with E-state index in [1.807, 2.05) is 4.90 Å². The Hall–Kier alpha value is -0.210. The molecule has 0 amide bonds. The molecule has 6 nitrogen and oxygen atoms in total. The standard InChI is InChI=1S/C6H13NO4S.H3N/c8-12(9,10)6-3-7-1-4-11-5-2-7;/h1-6H2,(H,8,9,10);1H3. The van der Waals surface area contributed by atoms with E-state index < -0.39 is 10.1 Å². The van der Waals surface area contributed by atoms with Crippen LogP contribution in [0.4, 0.5) is 0 Å². The van der Waals surface area contributed by atoms with Gasteiger partial charge >= 0.3 is 0 Å². The summed E-state index contributed by atoms with van der Waals surface area (Å²) in [6.07, 6.45) is 0. The number of morpholine rings is 1. The highest BCUT2D eigenvalue weighted by atomic mass is 32.2. The summed E-state index contributed by atoms with van der Waals surface area (Å²) in [7, 11) is -3.81. The lowest BCUT2D eigenvalue weighted by atomic mass is 10.4. The van der Waals surface area contributed by atoms with Gasteiger partial charge in [-0.05, 0) is 0 Å². The van der Waals surface area contributed by atoms with Crippen LogP contribution in [0.3, 0.4) is 0 Å². The van der Waals surface area contributed by atoms with E-state index in [0.29, 0.717) is 19.8 Å². The molecule has 1 rings (SSSR count). The van der Waals surface area contributed by atoms with Crippen LogP contribution in [0.15, 0.2) is 0 Å². The molecule has 0 radical (unpaired) electrons. The van der Waals surface area contributed by atoms with Gasteiger partial charge < -0.3 is 10.9 Å². The molecule has 0 atom stereocenters. The monoisotopic (exact) mass is 212 g/mol. The highest BCUT2D eigenvalue weighted by Gasteiger charge is 2.13. The lowest BCUT2D eigenvalue weighted by Crippen LogP contribution is -2.38. The van der Waals surface area contributed by atoms with Gasteiger partial charge in [0, 0.05) is 19.6 Å². The molecular weight excluding hydrogens is 196 g/mol. The number of nitrogens with zero attached hydrogens (tertiary/aromatic N) is 1. The molecular formula is C6H16N2O4S. The van der Waals surface area contributed by atoms with Crippen molar-refractivity contribution in [2.45, 2.75) is 0 Å². The van der Waals surface area contributed by atoms with Gasteiger partial charge in [-0.1, -0.05) is 0 Å². The molecule has 80 valence electrons. The van der Waals surface area contributed by atoms with Crippen molar-refractivity contribution in [3.8, 4) is 0 Å². The van der Waals surface area contributed by atoms with E-state index in [1.165, 1.54) is 0 Å². The summed E-state index contributed by atoms with van der Waals surface area (Å²) in [6, 6.07) is 0. The van der Waals surface area contributed by atoms with Crippen molar-refractivity contribution < 1.29 is 17.7 Å². The molecule has 13 heavy (non-hydrogen) atoms. The molecule has 0 unspecified atom stereocenters. The fourth-order valence-electron chi connectivity index (χ4n) is 1.07. The Kier molecular flexibility index (Phi) is 5.42. The fourth-order valence-corrected chi connectivity index (χ4v) is 1.56. The second-order valence-corrected chi connectivity index (χ2v) is 4.31. The predicted molar refractivity (Wildman–Crippen MR) is 48.7 cm³/mol. The van der Waals surface area contributed by atoms with Gasteiger partial charge in [0.25, 0.3) is 10.1 Å². The summed E-state index contributed by atoms with van der Waals surface area (Å²) in [6.45, 7) is 3.17. The van der Waals surface area contributed by atoms with Crippen molar-refractivity contribution in [1.82, 2.24) is 11.1 Å². The number of hydrogen-bond donors (Lipinski definition) is 2. The maximum Gasteiger partial charge on any atom is 0.266 e. The highest BCUT2D eigenvalue weighted by molar-refractivity contribution is 7.85. The maximum atomic E-state index is 10.4. The lowest BCUT2D eigenvalue weighted by molar-refractivity contribution is 0.0406. The average Bonchev–Trinajstić information content (AvgIpc) is 2.02. The summed E-state index contributed by atoms with van der Waals surface area (Å²) < 4.78 is 34.3. The van der Waals surface area contributed by atoms with E-state index in [1.54, 1.807) is 0 Å². The van der Waals surface area contributed by atoms with E-state index in [2.05, 4.69) is 0 Å². The van der Waals surface area contributed by atoms with E-state index in [-0.39, 0.29) is 11.9 Å². The molecule has 1 fully saturated rings. The van der Waals surface area contributed by atoms with Gasteiger partial charge in [-0.2, -0.15) is 8.42 Å². The van der Waals surface area contributed by atoms with Gasteiger partial charge in [0.05, 0.1) is 19.0 Å². The van der Waals surface area contributed by atoms with Crippen LogP contribution in [0.1, 0.15) is 0 Å². The fraction of sp³-hybridized carbons (Fsp3) is 1.00. The molecule has 0 aromatic carbocycles.